The minimum absolute atomic E-state index is 0.0707. The summed E-state index contributed by atoms with van der Waals surface area (Å²) in [5, 5.41) is 1.60. The molecule has 1 atom stereocenters. The summed E-state index contributed by atoms with van der Waals surface area (Å²) < 4.78 is 5.85. The van der Waals surface area contributed by atoms with E-state index in [1.807, 2.05) is 42.5 Å². The molecule has 1 unspecified atom stereocenters. The van der Waals surface area contributed by atoms with Gasteiger partial charge in [0.15, 0.2) is 5.58 Å². The number of hydrogen-bond donors (Lipinski definition) is 2. The monoisotopic (exact) mass is 318 g/mol. The van der Waals surface area contributed by atoms with Gasteiger partial charge in [0.2, 0.25) is 0 Å². The largest absolute Gasteiger partial charge is 0.458 e. The van der Waals surface area contributed by atoms with Crippen LogP contribution < -0.4 is 11.3 Å². The number of hydrogen-bond acceptors (Lipinski definition) is 4. The van der Waals surface area contributed by atoms with E-state index in [1.54, 1.807) is 11.8 Å². The molecule has 3 N–H and O–H groups in total. The second-order valence-electron chi connectivity index (χ2n) is 4.65. The highest BCUT2D eigenvalue weighted by Crippen LogP contribution is 2.31. The number of thioether (sulfide) groups is 1. The Kier molecular flexibility index (Phi) is 4.51. The molecule has 1 aromatic heterocycles. The number of para-hydroxylation sites is 1. The summed E-state index contributed by atoms with van der Waals surface area (Å²) in [6, 6.07) is 17.8. The van der Waals surface area contributed by atoms with Crippen LogP contribution in [0.2, 0.25) is 5.02 Å². The summed E-state index contributed by atoms with van der Waals surface area (Å²) >= 11 is 7.87. The lowest BCUT2D eigenvalue weighted by atomic mass is 10.2. The highest BCUT2D eigenvalue weighted by atomic mass is 35.5. The van der Waals surface area contributed by atoms with E-state index < -0.39 is 0 Å². The number of rotatable bonds is 5. The molecule has 0 spiro atoms. The highest BCUT2D eigenvalue weighted by Gasteiger charge is 2.16. The lowest BCUT2D eigenvalue weighted by Gasteiger charge is -2.12. The summed E-state index contributed by atoms with van der Waals surface area (Å²) in [5.74, 6) is 7.24. The van der Waals surface area contributed by atoms with Crippen LogP contribution in [0.5, 0.6) is 0 Å². The van der Waals surface area contributed by atoms with Crippen molar-refractivity contribution in [2.24, 2.45) is 5.84 Å². The van der Waals surface area contributed by atoms with Crippen molar-refractivity contribution in [3.05, 3.63) is 65.4 Å². The number of fused-ring (bicyclic) bond motifs is 1. The third-order valence-corrected chi connectivity index (χ3v) is 4.62. The summed E-state index contributed by atoms with van der Waals surface area (Å²) in [4.78, 5) is 1.20. The first-order valence-corrected chi connectivity index (χ1v) is 7.96. The molecule has 2 aromatic carbocycles. The summed E-state index contributed by atoms with van der Waals surface area (Å²) in [5.41, 5.74) is 3.52. The van der Waals surface area contributed by atoms with Crippen LogP contribution >= 0.6 is 23.4 Å². The minimum atomic E-state index is -0.0707. The predicted molar refractivity (Wildman–Crippen MR) is 88.5 cm³/mol. The third-order valence-electron chi connectivity index (χ3n) is 3.22. The lowest BCUT2D eigenvalue weighted by Crippen LogP contribution is -2.29. The van der Waals surface area contributed by atoms with E-state index in [-0.39, 0.29) is 6.04 Å². The zero-order valence-electron chi connectivity index (χ0n) is 11.3. The van der Waals surface area contributed by atoms with Crippen LogP contribution in [-0.2, 0) is 0 Å². The fraction of sp³-hybridized carbons (Fsp3) is 0.125. The van der Waals surface area contributed by atoms with Crippen LogP contribution in [0.1, 0.15) is 11.8 Å². The van der Waals surface area contributed by atoms with Gasteiger partial charge in [-0.1, -0.05) is 41.9 Å². The Labute approximate surface area is 132 Å². The lowest BCUT2D eigenvalue weighted by molar-refractivity contribution is 0.464. The molecule has 5 heteroatoms. The summed E-state index contributed by atoms with van der Waals surface area (Å²) in [6.07, 6.45) is 0. The maximum atomic E-state index is 6.14. The zero-order chi connectivity index (χ0) is 14.7. The van der Waals surface area contributed by atoms with E-state index in [0.717, 1.165) is 16.9 Å². The number of nitrogens with one attached hydrogen (secondary N) is 1. The fourth-order valence-electron chi connectivity index (χ4n) is 2.13. The van der Waals surface area contributed by atoms with E-state index in [1.165, 1.54) is 4.90 Å². The van der Waals surface area contributed by atoms with Gasteiger partial charge in [0.1, 0.15) is 5.76 Å². The molecular formula is C16H15ClN2OS. The minimum Gasteiger partial charge on any atom is -0.458 e. The van der Waals surface area contributed by atoms with Gasteiger partial charge in [0.25, 0.3) is 0 Å². The van der Waals surface area contributed by atoms with Crippen molar-refractivity contribution in [2.45, 2.75) is 10.9 Å². The molecule has 21 heavy (non-hydrogen) atoms. The van der Waals surface area contributed by atoms with Gasteiger partial charge in [-0.15, -0.1) is 11.8 Å². The Balaban J connectivity index is 1.80. The van der Waals surface area contributed by atoms with Gasteiger partial charge in [0.05, 0.1) is 11.1 Å². The van der Waals surface area contributed by atoms with Gasteiger partial charge in [-0.05, 0) is 24.3 Å². The van der Waals surface area contributed by atoms with Crippen LogP contribution in [0, 0.1) is 0 Å². The molecule has 0 aliphatic rings. The quantitative estimate of drug-likeness (QED) is 0.416. The second kappa shape index (κ2) is 6.54. The van der Waals surface area contributed by atoms with Crippen molar-refractivity contribution in [1.82, 2.24) is 5.43 Å². The first kappa shape index (κ1) is 14.5. The molecule has 0 saturated carbocycles. The second-order valence-corrected chi connectivity index (χ2v) is 6.15. The standard InChI is InChI=1S/C16H15ClN2OS/c17-13-8-4-5-11-9-15(20-16(11)13)14(19-18)10-21-12-6-2-1-3-7-12/h1-9,14,19H,10,18H2. The van der Waals surface area contributed by atoms with Crippen molar-refractivity contribution >= 4 is 34.3 Å². The summed E-state index contributed by atoms with van der Waals surface area (Å²) in [7, 11) is 0. The Bertz CT molecular complexity index is 729. The average molecular weight is 319 g/mol. The number of furan rings is 1. The molecule has 0 saturated heterocycles. The van der Waals surface area contributed by atoms with Gasteiger partial charge in [0, 0.05) is 16.0 Å². The Morgan fingerprint density at radius 1 is 1.14 bits per heavy atom. The summed E-state index contributed by atoms with van der Waals surface area (Å²) in [6.45, 7) is 0. The number of halogens is 1. The van der Waals surface area contributed by atoms with E-state index in [0.29, 0.717) is 10.6 Å². The van der Waals surface area contributed by atoms with Crippen molar-refractivity contribution in [3.8, 4) is 0 Å². The van der Waals surface area contributed by atoms with Crippen LogP contribution in [0.4, 0.5) is 0 Å². The van der Waals surface area contributed by atoms with E-state index in [9.17, 15) is 0 Å². The fourth-order valence-corrected chi connectivity index (χ4v) is 3.32. The van der Waals surface area contributed by atoms with Crippen LogP contribution in [-0.4, -0.2) is 5.75 Å². The Morgan fingerprint density at radius 2 is 1.95 bits per heavy atom. The Morgan fingerprint density at radius 3 is 2.67 bits per heavy atom. The maximum absolute atomic E-state index is 6.14. The maximum Gasteiger partial charge on any atom is 0.152 e. The molecule has 0 aliphatic heterocycles. The number of hydrazine groups is 1. The molecule has 1 heterocycles. The average Bonchev–Trinajstić information content (AvgIpc) is 2.94. The normalized spacial score (nSPS) is 12.7. The van der Waals surface area contributed by atoms with Crippen molar-refractivity contribution in [3.63, 3.8) is 0 Å². The molecule has 0 amide bonds. The molecule has 0 bridgehead atoms. The number of benzene rings is 2. The van der Waals surface area contributed by atoms with Gasteiger partial charge in [-0.2, -0.15) is 0 Å². The Hall–Kier alpha value is -1.46. The molecule has 3 nitrogen and oxygen atoms in total. The third kappa shape index (κ3) is 3.24. The van der Waals surface area contributed by atoms with Crippen molar-refractivity contribution in [2.75, 3.05) is 5.75 Å². The first-order chi connectivity index (χ1) is 10.3. The van der Waals surface area contributed by atoms with E-state index in [2.05, 4.69) is 17.6 Å². The van der Waals surface area contributed by atoms with Crippen LogP contribution in [0.25, 0.3) is 11.0 Å². The SMILES string of the molecule is NNC(CSc1ccccc1)c1cc2cccc(Cl)c2o1. The van der Waals surface area contributed by atoms with Gasteiger partial charge in [-0.3, -0.25) is 5.84 Å². The molecule has 3 aromatic rings. The number of nitrogens with two attached hydrogens (primary N) is 1. The van der Waals surface area contributed by atoms with E-state index in [4.69, 9.17) is 21.9 Å². The first-order valence-electron chi connectivity index (χ1n) is 6.60. The van der Waals surface area contributed by atoms with Crippen molar-refractivity contribution in [1.29, 1.82) is 0 Å². The van der Waals surface area contributed by atoms with Crippen LogP contribution in [0.15, 0.2) is 63.9 Å². The molecule has 0 fully saturated rings. The molecule has 0 aliphatic carbocycles. The zero-order valence-corrected chi connectivity index (χ0v) is 12.8. The molecular weight excluding hydrogens is 304 g/mol. The molecule has 3 rings (SSSR count). The molecule has 0 radical (unpaired) electrons. The smallest absolute Gasteiger partial charge is 0.152 e. The van der Waals surface area contributed by atoms with Gasteiger partial charge >= 0.3 is 0 Å². The topological polar surface area (TPSA) is 51.2 Å². The highest BCUT2D eigenvalue weighted by molar-refractivity contribution is 7.99. The molecule has 108 valence electrons. The predicted octanol–water partition coefficient (Wildman–Crippen LogP) is 4.38. The van der Waals surface area contributed by atoms with Crippen LogP contribution in [0.3, 0.4) is 0 Å². The van der Waals surface area contributed by atoms with Crippen molar-refractivity contribution < 1.29 is 4.42 Å². The van der Waals surface area contributed by atoms with Gasteiger partial charge < -0.3 is 4.42 Å². The van der Waals surface area contributed by atoms with Gasteiger partial charge in [-0.25, -0.2) is 5.43 Å². The van der Waals surface area contributed by atoms with E-state index >= 15 is 0 Å².